The summed E-state index contributed by atoms with van der Waals surface area (Å²) in [5.41, 5.74) is 0.810. The van der Waals surface area contributed by atoms with Crippen LogP contribution in [0.3, 0.4) is 0 Å². The van der Waals surface area contributed by atoms with E-state index in [4.69, 9.17) is 4.74 Å². The topological polar surface area (TPSA) is 105 Å². The number of urea groups is 1. The Morgan fingerprint density at radius 3 is 2.81 bits per heavy atom. The number of amides is 3. The maximum Gasteiger partial charge on any atom is 0.317 e. The quantitative estimate of drug-likeness (QED) is 0.801. The van der Waals surface area contributed by atoms with Crippen molar-refractivity contribution in [2.45, 2.75) is 12.6 Å². The molecule has 3 amide bonds. The number of tetrazole rings is 1. The Hall–Kier alpha value is -3.01. The SMILES string of the molecule is CN(C)C(=O)[C@@H]1CN(C(=O)NCc2nnnn2-c2ccccc2)CCO1. The molecule has 0 spiro atoms. The first-order valence-corrected chi connectivity index (χ1v) is 8.24. The van der Waals surface area contributed by atoms with Crippen LogP contribution in [0.25, 0.3) is 5.69 Å². The number of ether oxygens (including phenoxy) is 1. The molecule has 1 saturated heterocycles. The van der Waals surface area contributed by atoms with Gasteiger partial charge >= 0.3 is 6.03 Å². The molecule has 1 aromatic heterocycles. The highest BCUT2D eigenvalue weighted by Gasteiger charge is 2.30. The normalized spacial score (nSPS) is 17.0. The van der Waals surface area contributed by atoms with Gasteiger partial charge in [-0.25, -0.2) is 4.79 Å². The number of nitrogens with one attached hydrogen (secondary N) is 1. The number of hydrogen-bond acceptors (Lipinski definition) is 6. The summed E-state index contributed by atoms with van der Waals surface area (Å²) in [6, 6.07) is 9.14. The van der Waals surface area contributed by atoms with Crippen LogP contribution in [0.2, 0.25) is 0 Å². The Balaban J connectivity index is 1.60. The van der Waals surface area contributed by atoms with E-state index in [1.807, 2.05) is 30.3 Å². The number of likely N-dealkylation sites (N-methyl/N-ethyl adjacent to an activating group) is 1. The summed E-state index contributed by atoms with van der Waals surface area (Å²) >= 11 is 0. The highest BCUT2D eigenvalue weighted by molar-refractivity contribution is 5.82. The Labute approximate surface area is 150 Å². The maximum atomic E-state index is 12.4. The molecule has 1 aliphatic rings. The highest BCUT2D eigenvalue weighted by atomic mass is 16.5. The van der Waals surface area contributed by atoms with E-state index in [0.29, 0.717) is 19.0 Å². The van der Waals surface area contributed by atoms with Crippen LogP contribution in [0, 0.1) is 0 Å². The molecule has 3 rings (SSSR count). The van der Waals surface area contributed by atoms with Crippen LogP contribution < -0.4 is 5.32 Å². The van der Waals surface area contributed by atoms with Crippen molar-refractivity contribution in [1.29, 1.82) is 0 Å². The molecule has 0 bridgehead atoms. The summed E-state index contributed by atoms with van der Waals surface area (Å²) < 4.78 is 7.03. The van der Waals surface area contributed by atoms with Crippen molar-refractivity contribution in [3.63, 3.8) is 0 Å². The number of rotatable bonds is 4. The fourth-order valence-corrected chi connectivity index (χ4v) is 2.62. The van der Waals surface area contributed by atoms with Crippen LogP contribution in [0.5, 0.6) is 0 Å². The number of para-hydroxylation sites is 1. The first-order valence-electron chi connectivity index (χ1n) is 8.24. The van der Waals surface area contributed by atoms with Gasteiger partial charge in [0.2, 0.25) is 0 Å². The second-order valence-electron chi connectivity index (χ2n) is 6.04. The minimum atomic E-state index is -0.640. The van der Waals surface area contributed by atoms with Crippen molar-refractivity contribution in [2.75, 3.05) is 33.8 Å². The van der Waals surface area contributed by atoms with Gasteiger partial charge in [0.15, 0.2) is 11.9 Å². The predicted molar refractivity (Wildman–Crippen MR) is 91.4 cm³/mol. The molecule has 1 aromatic carbocycles. The lowest BCUT2D eigenvalue weighted by molar-refractivity contribution is -0.145. The Kier molecular flexibility index (Phi) is 5.42. The fourth-order valence-electron chi connectivity index (χ4n) is 2.62. The van der Waals surface area contributed by atoms with Gasteiger partial charge in [0, 0.05) is 20.6 Å². The summed E-state index contributed by atoms with van der Waals surface area (Å²) in [7, 11) is 3.32. The van der Waals surface area contributed by atoms with Gasteiger partial charge in [0.25, 0.3) is 5.91 Å². The van der Waals surface area contributed by atoms with E-state index in [0.717, 1.165) is 5.69 Å². The summed E-state index contributed by atoms with van der Waals surface area (Å²) in [5.74, 6) is 0.356. The van der Waals surface area contributed by atoms with Gasteiger partial charge < -0.3 is 19.9 Å². The van der Waals surface area contributed by atoms with Crippen molar-refractivity contribution in [3.05, 3.63) is 36.2 Å². The van der Waals surface area contributed by atoms with Crippen LogP contribution in [0.4, 0.5) is 4.79 Å². The standard InChI is InChI=1S/C16H21N7O3/c1-21(2)15(24)13-11-22(8-9-26-13)16(25)17-10-14-18-19-20-23(14)12-6-4-3-5-7-12/h3-7,13H,8-11H2,1-2H3,(H,17,25)/t13-/m0/s1. The van der Waals surface area contributed by atoms with Gasteiger partial charge in [-0.2, -0.15) is 4.68 Å². The minimum Gasteiger partial charge on any atom is -0.365 e. The number of benzene rings is 1. The fraction of sp³-hybridized carbons (Fsp3) is 0.438. The minimum absolute atomic E-state index is 0.157. The monoisotopic (exact) mass is 359 g/mol. The number of carbonyl (C=O) groups excluding carboxylic acids is 2. The third kappa shape index (κ3) is 3.97. The summed E-state index contributed by atoms with van der Waals surface area (Å²) in [4.78, 5) is 27.5. The maximum absolute atomic E-state index is 12.4. The molecular formula is C16H21N7O3. The zero-order valence-electron chi connectivity index (χ0n) is 14.7. The van der Waals surface area contributed by atoms with E-state index in [1.165, 1.54) is 4.90 Å². The number of hydrogen-bond donors (Lipinski definition) is 1. The van der Waals surface area contributed by atoms with E-state index in [-0.39, 0.29) is 25.0 Å². The first-order chi connectivity index (χ1) is 12.6. The molecule has 26 heavy (non-hydrogen) atoms. The lowest BCUT2D eigenvalue weighted by Gasteiger charge is -2.33. The molecule has 2 aromatic rings. The van der Waals surface area contributed by atoms with Crippen molar-refractivity contribution < 1.29 is 14.3 Å². The van der Waals surface area contributed by atoms with E-state index in [2.05, 4.69) is 20.8 Å². The van der Waals surface area contributed by atoms with Crippen molar-refractivity contribution >= 4 is 11.9 Å². The largest absolute Gasteiger partial charge is 0.365 e. The van der Waals surface area contributed by atoms with E-state index >= 15 is 0 Å². The number of nitrogens with zero attached hydrogens (tertiary/aromatic N) is 6. The van der Waals surface area contributed by atoms with Gasteiger partial charge in [-0.15, -0.1) is 5.10 Å². The average molecular weight is 359 g/mol. The molecule has 10 nitrogen and oxygen atoms in total. The van der Waals surface area contributed by atoms with Gasteiger partial charge in [-0.1, -0.05) is 18.2 Å². The highest BCUT2D eigenvalue weighted by Crippen LogP contribution is 2.09. The Morgan fingerprint density at radius 2 is 2.08 bits per heavy atom. The molecule has 0 saturated carbocycles. The number of aromatic nitrogens is 4. The van der Waals surface area contributed by atoms with Gasteiger partial charge in [-0.05, 0) is 22.6 Å². The second-order valence-corrected chi connectivity index (χ2v) is 6.04. The third-order valence-corrected chi connectivity index (χ3v) is 4.00. The summed E-state index contributed by atoms with van der Waals surface area (Å²) in [5, 5.41) is 14.4. The molecule has 1 N–H and O–H groups in total. The molecule has 2 heterocycles. The molecule has 10 heteroatoms. The number of carbonyl (C=O) groups is 2. The predicted octanol–water partition coefficient (Wildman–Crippen LogP) is -0.339. The van der Waals surface area contributed by atoms with Gasteiger partial charge in [0.1, 0.15) is 0 Å². The Morgan fingerprint density at radius 1 is 1.31 bits per heavy atom. The molecular weight excluding hydrogens is 338 g/mol. The van der Waals surface area contributed by atoms with Crippen LogP contribution >= 0.6 is 0 Å². The van der Waals surface area contributed by atoms with E-state index < -0.39 is 6.10 Å². The summed E-state index contributed by atoms with van der Waals surface area (Å²) in [6.07, 6.45) is -0.640. The van der Waals surface area contributed by atoms with Crippen LogP contribution in [0.15, 0.2) is 30.3 Å². The second kappa shape index (κ2) is 7.91. The lowest BCUT2D eigenvalue weighted by Crippen LogP contribution is -2.53. The van der Waals surface area contributed by atoms with Crippen LogP contribution in [-0.2, 0) is 16.1 Å². The number of morpholine rings is 1. The van der Waals surface area contributed by atoms with Crippen molar-refractivity contribution in [3.8, 4) is 5.69 Å². The molecule has 138 valence electrons. The molecule has 0 radical (unpaired) electrons. The first kappa shape index (κ1) is 17.8. The van der Waals surface area contributed by atoms with E-state index in [9.17, 15) is 9.59 Å². The van der Waals surface area contributed by atoms with Gasteiger partial charge in [-0.3, -0.25) is 4.79 Å². The van der Waals surface area contributed by atoms with Crippen LogP contribution in [0.1, 0.15) is 5.82 Å². The van der Waals surface area contributed by atoms with Gasteiger partial charge in [0.05, 0.1) is 25.4 Å². The van der Waals surface area contributed by atoms with E-state index in [1.54, 1.807) is 23.7 Å². The molecule has 1 atom stereocenters. The smallest absolute Gasteiger partial charge is 0.317 e. The molecule has 0 unspecified atom stereocenters. The van der Waals surface area contributed by atoms with Crippen molar-refractivity contribution in [2.24, 2.45) is 0 Å². The van der Waals surface area contributed by atoms with Crippen LogP contribution in [-0.4, -0.2) is 81.8 Å². The zero-order valence-corrected chi connectivity index (χ0v) is 14.7. The third-order valence-electron chi connectivity index (χ3n) is 4.00. The Bertz CT molecular complexity index is 762. The zero-order chi connectivity index (χ0) is 18.5. The van der Waals surface area contributed by atoms with Crippen molar-refractivity contribution in [1.82, 2.24) is 35.3 Å². The molecule has 0 aliphatic carbocycles. The molecule has 1 fully saturated rings. The average Bonchev–Trinajstić information content (AvgIpc) is 3.14. The lowest BCUT2D eigenvalue weighted by atomic mass is 10.2. The summed E-state index contributed by atoms with van der Waals surface area (Å²) in [6.45, 7) is 1.13. The molecule has 1 aliphatic heterocycles.